The number of oxime groups is 1. The lowest BCUT2D eigenvalue weighted by Gasteiger charge is -2.14. The quantitative estimate of drug-likeness (QED) is 0.489. The van der Waals surface area contributed by atoms with Gasteiger partial charge in [0.05, 0.1) is 5.71 Å². The Balaban J connectivity index is 2.35. The summed E-state index contributed by atoms with van der Waals surface area (Å²) in [5, 5.41) is 11.8. The molecule has 0 fully saturated rings. The Hall–Kier alpha value is -0.960. The molecule has 0 spiro atoms. The second kappa shape index (κ2) is 3.19. The standard InChI is InChI=1S/C9H9NOS/c11-10-8-5-7-3-1-2-4-9(7)12-6-8/h1-4,11H,5-6H2/b10-8+. The van der Waals surface area contributed by atoms with E-state index < -0.39 is 0 Å². The van der Waals surface area contributed by atoms with Crippen LogP contribution in [0.15, 0.2) is 34.3 Å². The molecule has 0 radical (unpaired) electrons. The van der Waals surface area contributed by atoms with E-state index in [0.29, 0.717) is 0 Å². The van der Waals surface area contributed by atoms with Crippen molar-refractivity contribution in [3.8, 4) is 0 Å². The molecule has 1 heterocycles. The smallest absolute Gasteiger partial charge is 0.0717 e. The Morgan fingerprint density at radius 1 is 1.33 bits per heavy atom. The molecular formula is C9H9NOS. The summed E-state index contributed by atoms with van der Waals surface area (Å²) in [4.78, 5) is 1.31. The zero-order valence-corrected chi connectivity index (χ0v) is 7.34. The lowest BCUT2D eigenvalue weighted by molar-refractivity contribution is 0.318. The lowest BCUT2D eigenvalue weighted by atomic mass is 10.1. The van der Waals surface area contributed by atoms with E-state index in [2.05, 4.69) is 17.3 Å². The van der Waals surface area contributed by atoms with Crippen molar-refractivity contribution in [2.24, 2.45) is 5.16 Å². The Morgan fingerprint density at radius 3 is 3.00 bits per heavy atom. The molecule has 1 aromatic rings. The van der Waals surface area contributed by atoms with Crippen LogP contribution in [-0.2, 0) is 6.42 Å². The molecule has 12 heavy (non-hydrogen) atoms. The number of hydrogen-bond donors (Lipinski definition) is 1. The first kappa shape index (κ1) is 7.68. The van der Waals surface area contributed by atoms with Crippen molar-refractivity contribution >= 4 is 17.5 Å². The van der Waals surface area contributed by atoms with Gasteiger partial charge in [0.2, 0.25) is 0 Å². The van der Waals surface area contributed by atoms with Crippen LogP contribution in [0.4, 0.5) is 0 Å². The van der Waals surface area contributed by atoms with Crippen molar-refractivity contribution in [3.63, 3.8) is 0 Å². The third-order valence-electron chi connectivity index (χ3n) is 1.90. The highest BCUT2D eigenvalue weighted by Gasteiger charge is 2.13. The van der Waals surface area contributed by atoms with Crippen molar-refractivity contribution < 1.29 is 5.21 Å². The summed E-state index contributed by atoms with van der Waals surface area (Å²) in [6.07, 6.45) is 0.791. The number of thioether (sulfide) groups is 1. The number of rotatable bonds is 0. The van der Waals surface area contributed by atoms with E-state index in [0.717, 1.165) is 17.9 Å². The Bertz CT molecular complexity index is 322. The van der Waals surface area contributed by atoms with Crippen LogP contribution in [0.1, 0.15) is 5.56 Å². The summed E-state index contributed by atoms with van der Waals surface area (Å²) in [6.45, 7) is 0. The first-order valence-corrected chi connectivity index (χ1v) is 4.79. The molecular weight excluding hydrogens is 170 g/mol. The maximum Gasteiger partial charge on any atom is 0.0717 e. The van der Waals surface area contributed by atoms with Gasteiger partial charge in [-0.2, -0.15) is 0 Å². The minimum Gasteiger partial charge on any atom is -0.411 e. The van der Waals surface area contributed by atoms with Crippen molar-refractivity contribution in [1.29, 1.82) is 0 Å². The zero-order valence-electron chi connectivity index (χ0n) is 6.53. The van der Waals surface area contributed by atoms with E-state index in [4.69, 9.17) is 5.21 Å². The molecule has 62 valence electrons. The second-order valence-corrected chi connectivity index (χ2v) is 3.76. The minimum atomic E-state index is 0.791. The maximum absolute atomic E-state index is 8.59. The van der Waals surface area contributed by atoms with E-state index in [1.165, 1.54) is 10.5 Å². The zero-order chi connectivity index (χ0) is 8.39. The monoisotopic (exact) mass is 179 g/mol. The highest BCUT2D eigenvalue weighted by Crippen LogP contribution is 2.28. The van der Waals surface area contributed by atoms with Gasteiger partial charge in [0.15, 0.2) is 0 Å². The van der Waals surface area contributed by atoms with Crippen molar-refractivity contribution in [2.75, 3.05) is 5.75 Å². The number of nitrogens with zero attached hydrogens (tertiary/aromatic N) is 1. The normalized spacial score (nSPS) is 19.2. The molecule has 2 nitrogen and oxygen atoms in total. The molecule has 0 atom stereocenters. The van der Waals surface area contributed by atoms with Crippen LogP contribution in [0.3, 0.4) is 0 Å². The van der Waals surface area contributed by atoms with Gasteiger partial charge < -0.3 is 5.21 Å². The Kier molecular flexibility index (Phi) is 2.04. The summed E-state index contributed by atoms with van der Waals surface area (Å²) in [5.74, 6) is 0.813. The van der Waals surface area contributed by atoms with Gasteiger partial charge in [-0.3, -0.25) is 0 Å². The van der Waals surface area contributed by atoms with Gasteiger partial charge in [0, 0.05) is 17.1 Å². The van der Waals surface area contributed by atoms with Crippen LogP contribution >= 0.6 is 11.8 Å². The van der Waals surface area contributed by atoms with Crippen LogP contribution in [0.25, 0.3) is 0 Å². The highest BCUT2D eigenvalue weighted by atomic mass is 32.2. The molecule has 1 aromatic carbocycles. The van der Waals surface area contributed by atoms with E-state index in [1.807, 2.05) is 12.1 Å². The fraction of sp³-hybridized carbons (Fsp3) is 0.222. The molecule has 0 bridgehead atoms. The topological polar surface area (TPSA) is 32.6 Å². The third-order valence-corrected chi connectivity index (χ3v) is 3.09. The summed E-state index contributed by atoms with van der Waals surface area (Å²) in [5.41, 5.74) is 2.13. The average molecular weight is 179 g/mol. The van der Waals surface area contributed by atoms with Crippen LogP contribution in [0.5, 0.6) is 0 Å². The van der Waals surface area contributed by atoms with Crippen LogP contribution in [-0.4, -0.2) is 16.7 Å². The molecule has 2 rings (SSSR count). The molecule has 1 aliphatic rings. The van der Waals surface area contributed by atoms with Crippen LogP contribution in [0, 0.1) is 0 Å². The SMILES string of the molecule is O/N=C1/CSc2ccccc2C1. The number of benzene rings is 1. The molecule has 3 heteroatoms. The predicted molar refractivity (Wildman–Crippen MR) is 50.1 cm³/mol. The van der Waals surface area contributed by atoms with Crippen molar-refractivity contribution in [1.82, 2.24) is 0 Å². The highest BCUT2D eigenvalue weighted by molar-refractivity contribution is 8.00. The first-order valence-electron chi connectivity index (χ1n) is 3.80. The van der Waals surface area contributed by atoms with E-state index in [1.54, 1.807) is 11.8 Å². The van der Waals surface area contributed by atoms with E-state index in [9.17, 15) is 0 Å². The van der Waals surface area contributed by atoms with Gasteiger partial charge in [0.1, 0.15) is 0 Å². The predicted octanol–water partition coefficient (Wildman–Crippen LogP) is 2.17. The molecule has 0 aliphatic carbocycles. The Morgan fingerprint density at radius 2 is 2.17 bits per heavy atom. The minimum absolute atomic E-state index is 0.791. The average Bonchev–Trinajstić information content (AvgIpc) is 2.17. The number of fused-ring (bicyclic) bond motifs is 1. The van der Waals surface area contributed by atoms with Gasteiger partial charge in [0.25, 0.3) is 0 Å². The fourth-order valence-electron chi connectivity index (χ4n) is 1.29. The largest absolute Gasteiger partial charge is 0.411 e. The molecule has 0 aromatic heterocycles. The van der Waals surface area contributed by atoms with E-state index in [-0.39, 0.29) is 0 Å². The van der Waals surface area contributed by atoms with Crippen LogP contribution < -0.4 is 0 Å². The summed E-state index contributed by atoms with van der Waals surface area (Å²) in [6, 6.07) is 8.23. The summed E-state index contributed by atoms with van der Waals surface area (Å²) < 4.78 is 0. The van der Waals surface area contributed by atoms with Gasteiger partial charge in [-0.05, 0) is 11.6 Å². The van der Waals surface area contributed by atoms with Gasteiger partial charge in [-0.15, -0.1) is 11.8 Å². The van der Waals surface area contributed by atoms with Gasteiger partial charge >= 0.3 is 0 Å². The maximum atomic E-state index is 8.59. The fourth-order valence-corrected chi connectivity index (χ4v) is 2.27. The van der Waals surface area contributed by atoms with Crippen molar-refractivity contribution in [3.05, 3.63) is 29.8 Å². The summed E-state index contributed by atoms with van der Waals surface area (Å²) >= 11 is 1.73. The van der Waals surface area contributed by atoms with Crippen LogP contribution in [0.2, 0.25) is 0 Å². The molecule has 0 saturated carbocycles. The molecule has 1 N–H and O–H groups in total. The summed E-state index contributed by atoms with van der Waals surface area (Å²) in [7, 11) is 0. The molecule has 0 saturated heterocycles. The molecule has 1 aliphatic heterocycles. The lowest BCUT2D eigenvalue weighted by Crippen LogP contribution is -2.12. The number of hydrogen-bond acceptors (Lipinski definition) is 3. The van der Waals surface area contributed by atoms with Gasteiger partial charge in [-0.25, -0.2) is 0 Å². The third kappa shape index (κ3) is 1.32. The van der Waals surface area contributed by atoms with Gasteiger partial charge in [-0.1, -0.05) is 23.4 Å². The second-order valence-electron chi connectivity index (χ2n) is 2.74. The van der Waals surface area contributed by atoms with Crippen molar-refractivity contribution in [2.45, 2.75) is 11.3 Å². The Labute approximate surface area is 75.3 Å². The molecule has 0 amide bonds. The van der Waals surface area contributed by atoms with E-state index >= 15 is 0 Å². The molecule has 0 unspecified atom stereocenters. The first-order chi connectivity index (χ1) is 5.90.